The molecule has 0 atom stereocenters. The third-order valence-corrected chi connectivity index (χ3v) is 0. The van der Waals surface area contributed by atoms with Crippen LogP contribution in [0.5, 0.6) is 0 Å². The van der Waals surface area contributed by atoms with Gasteiger partial charge in [-0.25, -0.2) is 0 Å². The summed E-state index contributed by atoms with van der Waals surface area (Å²) in [7, 11) is 0. The van der Waals surface area contributed by atoms with Crippen molar-refractivity contribution in [3.8, 4) is 0 Å². The first-order valence-corrected chi connectivity index (χ1v) is 15.1. The number of hydrogen-bond acceptors (Lipinski definition) is 0. The summed E-state index contributed by atoms with van der Waals surface area (Å²) in [5.41, 5.74) is 0. The van der Waals surface area contributed by atoms with Gasteiger partial charge < -0.3 is 0 Å². The van der Waals surface area contributed by atoms with Crippen LogP contribution in [0.2, 0.25) is 0 Å². The fourth-order valence-corrected chi connectivity index (χ4v) is 0. The molecule has 0 aliphatic heterocycles. The molecule has 0 saturated heterocycles. The van der Waals surface area contributed by atoms with Crippen LogP contribution in [0.4, 0.5) is 0 Å². The van der Waals surface area contributed by atoms with E-state index in [1.807, 2.05) is 0 Å². The molecule has 0 radical (unpaired) electrons. The number of hydrogen-bond donors (Lipinski definition) is 0. The molecule has 0 aliphatic carbocycles. The Morgan fingerprint density at radius 2 is 1.00 bits per heavy atom. The first kappa shape index (κ1) is 7.71. The summed E-state index contributed by atoms with van der Waals surface area (Å²) >= 11 is 7.21. The molecule has 0 nitrogen and oxygen atoms in total. The zero-order chi connectivity index (χ0) is 3.58. The second-order valence-corrected chi connectivity index (χ2v) is 38.2. The molecule has 0 aromatic carbocycles. The van der Waals surface area contributed by atoms with E-state index in [1.165, 1.54) is 0 Å². The Balaban J connectivity index is 2.32. The van der Waals surface area contributed by atoms with E-state index < -0.39 is 0 Å². The van der Waals surface area contributed by atoms with E-state index in [-0.39, 0.29) is 22.3 Å². The summed E-state index contributed by atoms with van der Waals surface area (Å²) in [5.74, 6) is 0. The molecule has 0 N–H and O–H groups in total. The topological polar surface area (TPSA) is 0 Å². The quantitative estimate of drug-likeness (QED) is 0.405. The van der Waals surface area contributed by atoms with Gasteiger partial charge in [0.2, 0.25) is 0 Å². The third kappa shape index (κ3) is 9.20. The van der Waals surface area contributed by atoms with E-state index in [0.717, 1.165) is 0 Å². The summed E-state index contributed by atoms with van der Waals surface area (Å²) in [6, 6.07) is 0. The van der Waals surface area contributed by atoms with Crippen LogP contribution in [0.15, 0.2) is 0 Å². The fourth-order valence-electron chi connectivity index (χ4n) is 0. The van der Waals surface area contributed by atoms with Crippen LogP contribution in [-0.4, -0.2) is 0 Å². The Labute approximate surface area is 56.5 Å². The molecule has 4 heteroatoms. The van der Waals surface area contributed by atoms with Gasteiger partial charge in [0.05, 0.1) is 0 Å². The van der Waals surface area contributed by atoms with Crippen LogP contribution < -0.4 is 0 Å². The molecular formula is I3Yb. The summed E-state index contributed by atoms with van der Waals surface area (Å²) in [6.45, 7) is 0. The molecule has 0 rings (SSSR count). The van der Waals surface area contributed by atoms with E-state index in [9.17, 15) is 0 Å². The molecule has 0 heterocycles. The second-order valence-electron chi connectivity index (χ2n) is 0.115. The Bertz CT molecular complexity index is 8.00. The Morgan fingerprint density at radius 3 is 1.00 bits per heavy atom. The van der Waals surface area contributed by atoms with Gasteiger partial charge in [-0.1, -0.05) is 0 Å². The van der Waals surface area contributed by atoms with Gasteiger partial charge in [0.15, 0.2) is 0 Å². The average Bonchev–Trinajstić information content (AvgIpc) is 0.811. The number of halogens is 3. The molecular weight excluding hydrogens is 554 g/mol. The van der Waals surface area contributed by atoms with Gasteiger partial charge in [-0.3, -0.25) is 0 Å². The summed E-state index contributed by atoms with van der Waals surface area (Å²) < 4.78 is 0. The Kier molecular flexibility index (Phi) is 9.36. The van der Waals surface area contributed by atoms with Gasteiger partial charge in [0.1, 0.15) is 0 Å². The van der Waals surface area contributed by atoms with E-state index in [4.69, 9.17) is 0 Å². The second kappa shape index (κ2) is 4.86. The van der Waals surface area contributed by atoms with Gasteiger partial charge >= 0.3 is 59.8 Å². The van der Waals surface area contributed by atoms with E-state index >= 15 is 0 Å². The van der Waals surface area contributed by atoms with Crippen LogP contribution >= 0.6 is 37.5 Å². The van der Waals surface area contributed by atoms with Crippen LogP contribution in [0.25, 0.3) is 0 Å². The predicted octanol–water partition coefficient (Wildman–Crippen LogP) is 2.66. The molecule has 0 fully saturated rings. The van der Waals surface area contributed by atoms with Crippen molar-refractivity contribution >= 4 is 37.5 Å². The zero-order valence-electron chi connectivity index (χ0n) is 1.40. The van der Waals surface area contributed by atoms with Crippen molar-refractivity contribution in [1.82, 2.24) is 0 Å². The SMILES string of the molecule is [I][Yb]([I])[I]. The molecule has 0 spiro atoms. The zero-order valence-corrected chi connectivity index (χ0v) is 9.59. The first-order chi connectivity index (χ1) is 1.73. The van der Waals surface area contributed by atoms with Crippen LogP contribution in [-0.2, 0) is 0 Å². The molecule has 0 unspecified atom stereocenters. The molecule has 0 saturated carbocycles. The van der Waals surface area contributed by atoms with Crippen LogP contribution in [0.1, 0.15) is 0 Å². The van der Waals surface area contributed by atoms with Gasteiger partial charge in [-0.2, -0.15) is 0 Å². The van der Waals surface area contributed by atoms with E-state index in [2.05, 4.69) is 37.5 Å². The van der Waals surface area contributed by atoms with Crippen LogP contribution in [0.3, 0.4) is 0 Å². The molecule has 35 valence electrons. The molecule has 0 amide bonds. The molecule has 0 aromatic heterocycles. The minimum atomic E-state index is -0.0993. The standard InChI is InChI=1S/3HI.Yb/h3*1H;/q;;;+3/p-3. The van der Waals surface area contributed by atoms with E-state index in [1.54, 1.807) is 0 Å². The maximum absolute atomic E-state index is 2.44. The molecule has 4 heavy (non-hydrogen) atoms. The maximum atomic E-state index is 2.44. The minimum absolute atomic E-state index is 0.0993. The van der Waals surface area contributed by atoms with Gasteiger partial charge in [0, 0.05) is 0 Å². The van der Waals surface area contributed by atoms with Crippen molar-refractivity contribution in [3.05, 3.63) is 0 Å². The van der Waals surface area contributed by atoms with Crippen molar-refractivity contribution in [2.45, 2.75) is 0 Å². The molecule has 0 bridgehead atoms. The van der Waals surface area contributed by atoms with Gasteiger partial charge in [0.25, 0.3) is 0 Å². The fraction of sp³-hybridized carbons (Fsp3) is 0. The first-order valence-electron chi connectivity index (χ1n) is 0.303. The van der Waals surface area contributed by atoms with Gasteiger partial charge in [-0.15, -0.1) is 0 Å². The predicted molar refractivity (Wildman–Crippen MR) is 42.1 cm³/mol. The van der Waals surface area contributed by atoms with Crippen molar-refractivity contribution in [2.24, 2.45) is 0 Å². The van der Waals surface area contributed by atoms with Crippen molar-refractivity contribution in [1.29, 1.82) is 0 Å². The van der Waals surface area contributed by atoms with Crippen molar-refractivity contribution < 1.29 is 22.3 Å². The molecule has 0 aliphatic rings. The molecule has 0 aromatic rings. The third-order valence-electron chi connectivity index (χ3n) is 0. The Morgan fingerprint density at radius 1 is 1.00 bits per heavy atom. The number of rotatable bonds is 0. The summed E-state index contributed by atoms with van der Waals surface area (Å²) in [6.07, 6.45) is 0. The monoisotopic (exact) mass is 555 g/mol. The normalized spacial score (nSPS) is 11.2. The van der Waals surface area contributed by atoms with Crippen molar-refractivity contribution in [2.75, 3.05) is 0 Å². The Hall–Kier alpha value is 3.71. The van der Waals surface area contributed by atoms with Gasteiger partial charge in [-0.05, 0) is 0 Å². The summed E-state index contributed by atoms with van der Waals surface area (Å²) in [5, 5.41) is 0. The summed E-state index contributed by atoms with van der Waals surface area (Å²) in [4.78, 5) is 0. The van der Waals surface area contributed by atoms with E-state index in [0.29, 0.717) is 0 Å². The van der Waals surface area contributed by atoms with Crippen molar-refractivity contribution in [3.63, 3.8) is 0 Å². The van der Waals surface area contributed by atoms with Crippen LogP contribution in [0, 0.1) is 22.3 Å². The average molecular weight is 554 g/mol.